The number of benzene rings is 1. The zero-order valence-electron chi connectivity index (χ0n) is 13.8. The standard InChI is InChI=1S/C18H22ClN3O2/c1-13-20-17(22-24-13)18(10-4-2-3-5-11-18)21-16(23)12-14-6-8-15(19)9-7-14/h6-9H,2-5,10-12H2,1H3,(H,21,23). The number of carbonyl (C=O) groups excluding carboxylic acids is 1. The third kappa shape index (κ3) is 3.96. The number of carbonyl (C=O) groups is 1. The molecule has 0 atom stereocenters. The van der Waals surface area contributed by atoms with Crippen LogP contribution in [0.15, 0.2) is 28.8 Å². The van der Waals surface area contributed by atoms with Gasteiger partial charge in [0.1, 0.15) is 5.54 Å². The van der Waals surface area contributed by atoms with Gasteiger partial charge in [-0.3, -0.25) is 4.79 Å². The molecule has 1 amide bonds. The molecule has 1 aliphatic rings. The normalized spacial score (nSPS) is 17.2. The van der Waals surface area contributed by atoms with Crippen LogP contribution in [0.25, 0.3) is 0 Å². The highest BCUT2D eigenvalue weighted by Crippen LogP contribution is 2.34. The Bertz CT molecular complexity index is 689. The van der Waals surface area contributed by atoms with Crippen LogP contribution in [0, 0.1) is 6.92 Å². The summed E-state index contributed by atoms with van der Waals surface area (Å²) in [7, 11) is 0. The maximum atomic E-state index is 12.6. The summed E-state index contributed by atoms with van der Waals surface area (Å²) in [4.78, 5) is 17.0. The number of hydrogen-bond donors (Lipinski definition) is 1. The van der Waals surface area contributed by atoms with Crippen molar-refractivity contribution in [2.45, 2.75) is 57.4 Å². The minimum absolute atomic E-state index is 0.0262. The van der Waals surface area contributed by atoms with Gasteiger partial charge in [-0.05, 0) is 30.5 Å². The molecule has 1 saturated carbocycles. The number of aromatic nitrogens is 2. The Morgan fingerprint density at radius 3 is 2.46 bits per heavy atom. The van der Waals surface area contributed by atoms with Gasteiger partial charge in [0.2, 0.25) is 11.8 Å². The lowest BCUT2D eigenvalue weighted by Gasteiger charge is -2.30. The van der Waals surface area contributed by atoms with Gasteiger partial charge in [-0.2, -0.15) is 4.98 Å². The number of aryl methyl sites for hydroxylation is 1. The van der Waals surface area contributed by atoms with E-state index in [1.807, 2.05) is 12.1 Å². The van der Waals surface area contributed by atoms with E-state index < -0.39 is 5.54 Å². The topological polar surface area (TPSA) is 68.0 Å². The van der Waals surface area contributed by atoms with Gasteiger partial charge in [0.25, 0.3) is 0 Å². The monoisotopic (exact) mass is 347 g/mol. The van der Waals surface area contributed by atoms with Crippen molar-refractivity contribution in [3.63, 3.8) is 0 Å². The van der Waals surface area contributed by atoms with E-state index in [0.29, 0.717) is 23.2 Å². The van der Waals surface area contributed by atoms with E-state index in [0.717, 1.165) is 31.2 Å². The van der Waals surface area contributed by atoms with Crippen LogP contribution in [0.5, 0.6) is 0 Å². The molecule has 2 aromatic rings. The lowest BCUT2D eigenvalue weighted by Crippen LogP contribution is -2.47. The lowest BCUT2D eigenvalue weighted by molar-refractivity contribution is -0.122. The zero-order chi connectivity index (χ0) is 17.0. The summed E-state index contributed by atoms with van der Waals surface area (Å²) in [6.45, 7) is 1.77. The number of rotatable bonds is 4. The molecule has 128 valence electrons. The molecule has 1 aromatic heterocycles. The fourth-order valence-corrected chi connectivity index (χ4v) is 3.45. The van der Waals surface area contributed by atoms with Crippen LogP contribution in [0.1, 0.15) is 55.8 Å². The zero-order valence-corrected chi connectivity index (χ0v) is 14.6. The third-order valence-corrected chi connectivity index (χ3v) is 4.82. The van der Waals surface area contributed by atoms with Crippen LogP contribution >= 0.6 is 11.6 Å². The van der Waals surface area contributed by atoms with Gasteiger partial charge >= 0.3 is 0 Å². The van der Waals surface area contributed by atoms with Crippen LogP contribution in [-0.4, -0.2) is 16.0 Å². The van der Waals surface area contributed by atoms with Gasteiger partial charge in [0, 0.05) is 11.9 Å². The molecular formula is C18H22ClN3O2. The molecule has 1 fully saturated rings. The van der Waals surface area contributed by atoms with Crippen LogP contribution in [0.4, 0.5) is 0 Å². The minimum Gasteiger partial charge on any atom is -0.343 e. The molecule has 0 aliphatic heterocycles. The molecule has 1 heterocycles. The fraction of sp³-hybridized carbons (Fsp3) is 0.500. The van der Waals surface area contributed by atoms with E-state index >= 15 is 0 Å². The molecule has 1 N–H and O–H groups in total. The predicted molar refractivity (Wildman–Crippen MR) is 91.7 cm³/mol. The van der Waals surface area contributed by atoms with E-state index in [2.05, 4.69) is 15.5 Å². The molecule has 1 aromatic carbocycles. The highest BCUT2D eigenvalue weighted by atomic mass is 35.5. The number of hydrogen-bond acceptors (Lipinski definition) is 4. The van der Waals surface area contributed by atoms with E-state index in [1.54, 1.807) is 19.1 Å². The first kappa shape index (κ1) is 17.0. The van der Waals surface area contributed by atoms with Crippen molar-refractivity contribution < 1.29 is 9.32 Å². The first-order valence-corrected chi connectivity index (χ1v) is 8.81. The molecule has 5 nitrogen and oxygen atoms in total. The highest BCUT2D eigenvalue weighted by molar-refractivity contribution is 6.30. The molecule has 0 unspecified atom stereocenters. The van der Waals surface area contributed by atoms with Gasteiger partial charge in [-0.1, -0.05) is 54.6 Å². The Hall–Kier alpha value is -1.88. The Kier molecular flexibility index (Phi) is 5.19. The minimum atomic E-state index is -0.516. The van der Waals surface area contributed by atoms with Crippen LogP contribution in [0.3, 0.4) is 0 Å². The highest BCUT2D eigenvalue weighted by Gasteiger charge is 2.38. The summed E-state index contributed by atoms with van der Waals surface area (Å²) in [5.74, 6) is 1.11. The van der Waals surface area contributed by atoms with E-state index in [1.165, 1.54) is 12.8 Å². The molecule has 0 spiro atoms. The summed E-state index contributed by atoms with van der Waals surface area (Å²) in [5, 5.41) is 7.98. The average Bonchev–Trinajstić information content (AvgIpc) is 2.86. The van der Waals surface area contributed by atoms with E-state index in [9.17, 15) is 4.79 Å². The number of amides is 1. The molecule has 6 heteroatoms. The number of nitrogens with one attached hydrogen (secondary N) is 1. The summed E-state index contributed by atoms with van der Waals surface area (Å²) in [6.07, 6.45) is 6.45. The Morgan fingerprint density at radius 1 is 1.21 bits per heavy atom. The summed E-state index contributed by atoms with van der Waals surface area (Å²) >= 11 is 5.90. The largest absolute Gasteiger partial charge is 0.343 e. The van der Waals surface area contributed by atoms with Crippen molar-refractivity contribution in [2.75, 3.05) is 0 Å². The van der Waals surface area contributed by atoms with Crippen LogP contribution in [0.2, 0.25) is 5.02 Å². The molecular weight excluding hydrogens is 326 g/mol. The molecule has 1 aliphatic carbocycles. The second kappa shape index (κ2) is 7.34. The second-order valence-corrected chi connectivity index (χ2v) is 6.92. The van der Waals surface area contributed by atoms with Crippen molar-refractivity contribution in [2.24, 2.45) is 0 Å². The quantitative estimate of drug-likeness (QED) is 0.850. The Balaban J connectivity index is 1.78. The predicted octanol–water partition coefficient (Wildman–Crippen LogP) is 3.94. The smallest absolute Gasteiger partial charge is 0.225 e. The summed E-state index contributed by atoms with van der Waals surface area (Å²) < 4.78 is 5.17. The molecule has 0 radical (unpaired) electrons. The van der Waals surface area contributed by atoms with Gasteiger partial charge in [0.05, 0.1) is 6.42 Å². The fourth-order valence-electron chi connectivity index (χ4n) is 3.33. The first-order chi connectivity index (χ1) is 11.6. The Morgan fingerprint density at radius 2 is 1.88 bits per heavy atom. The van der Waals surface area contributed by atoms with E-state index in [4.69, 9.17) is 16.1 Å². The van der Waals surface area contributed by atoms with Crippen molar-refractivity contribution >= 4 is 17.5 Å². The van der Waals surface area contributed by atoms with Crippen molar-refractivity contribution in [1.82, 2.24) is 15.5 Å². The number of halogens is 1. The first-order valence-electron chi connectivity index (χ1n) is 8.44. The van der Waals surface area contributed by atoms with Crippen molar-refractivity contribution in [3.8, 4) is 0 Å². The summed E-state index contributed by atoms with van der Waals surface area (Å²) in [6, 6.07) is 7.35. The molecule has 0 bridgehead atoms. The van der Waals surface area contributed by atoms with Crippen LogP contribution in [-0.2, 0) is 16.8 Å². The maximum absolute atomic E-state index is 12.6. The summed E-state index contributed by atoms with van der Waals surface area (Å²) in [5.41, 5.74) is 0.419. The second-order valence-electron chi connectivity index (χ2n) is 6.48. The molecule has 0 saturated heterocycles. The maximum Gasteiger partial charge on any atom is 0.225 e. The van der Waals surface area contributed by atoms with Gasteiger partial charge in [-0.15, -0.1) is 0 Å². The van der Waals surface area contributed by atoms with Gasteiger partial charge < -0.3 is 9.84 Å². The van der Waals surface area contributed by atoms with Crippen molar-refractivity contribution in [3.05, 3.63) is 46.6 Å². The average molecular weight is 348 g/mol. The van der Waals surface area contributed by atoms with Gasteiger partial charge in [0.15, 0.2) is 5.82 Å². The molecule has 3 rings (SSSR count). The third-order valence-electron chi connectivity index (χ3n) is 4.57. The SMILES string of the molecule is Cc1nc(C2(NC(=O)Cc3ccc(Cl)cc3)CCCCCC2)no1. The van der Waals surface area contributed by atoms with Crippen LogP contribution < -0.4 is 5.32 Å². The number of nitrogens with zero attached hydrogens (tertiary/aromatic N) is 2. The van der Waals surface area contributed by atoms with Gasteiger partial charge in [-0.25, -0.2) is 0 Å². The van der Waals surface area contributed by atoms with Crippen molar-refractivity contribution in [1.29, 1.82) is 0 Å². The Labute approximate surface area is 146 Å². The lowest BCUT2D eigenvalue weighted by atomic mass is 9.88. The molecule has 24 heavy (non-hydrogen) atoms. The van der Waals surface area contributed by atoms with E-state index in [-0.39, 0.29) is 5.91 Å².